The summed E-state index contributed by atoms with van der Waals surface area (Å²) in [5.41, 5.74) is 14.0. The molecule has 12 aromatic rings. The van der Waals surface area contributed by atoms with Crippen molar-refractivity contribution in [1.29, 1.82) is 0 Å². The minimum absolute atomic E-state index is 1.00. The van der Waals surface area contributed by atoms with Crippen molar-refractivity contribution in [2.45, 2.75) is 6.92 Å². The van der Waals surface area contributed by atoms with Gasteiger partial charge in [-0.3, -0.25) is 4.98 Å². The van der Waals surface area contributed by atoms with E-state index in [1.165, 1.54) is 75.8 Å². The zero-order valence-corrected chi connectivity index (χ0v) is 34.2. The van der Waals surface area contributed by atoms with E-state index in [0.717, 1.165) is 55.3 Å². The van der Waals surface area contributed by atoms with Gasteiger partial charge in [-0.05, 0) is 125 Å². The zero-order chi connectivity index (χ0) is 41.3. The van der Waals surface area contributed by atoms with Crippen LogP contribution in [-0.4, -0.2) is 9.97 Å². The lowest BCUT2D eigenvalue weighted by atomic mass is 9.88. The summed E-state index contributed by atoms with van der Waals surface area (Å²) >= 11 is 0. The molecule has 2 aromatic heterocycles. The van der Waals surface area contributed by atoms with Crippen LogP contribution < -0.4 is 0 Å². The third kappa shape index (κ3) is 5.52. The number of hydrogen-bond donors (Lipinski definition) is 0. The first-order valence-electron chi connectivity index (χ1n) is 21.2. The second-order valence-electron chi connectivity index (χ2n) is 16.2. The fourth-order valence-corrected chi connectivity index (χ4v) is 10.0. The van der Waals surface area contributed by atoms with Crippen molar-refractivity contribution in [3.05, 3.63) is 229 Å². The maximum absolute atomic E-state index is 5.51. The molecule has 0 N–H and O–H groups in total. The van der Waals surface area contributed by atoms with Gasteiger partial charge in [0.25, 0.3) is 0 Å². The molecule has 0 atom stereocenters. The summed E-state index contributed by atoms with van der Waals surface area (Å²) in [6, 6.07) is 66.3. The SMILES string of the molecule is C=C=C/C=C(/c1ccc2c3ccc(-c4ccc(-c5nc6c7ccccc7c7ccccc7c6c6ccccc56)cc4)cc3c3ccccc3c2c1)c1ccc2cccnc2c1C. The first-order chi connectivity index (χ1) is 30.6. The third-order valence-electron chi connectivity index (χ3n) is 12.9. The standard InChI is InChI=1S/C60H38N2/c1-3-4-15-44(43-31-28-39-14-13-34-61-58(39)37(43)2)42-30-33-50-49-32-29-41(35-55(49)47-18-5-6-19-48(47)56(50)36-42)38-24-26-40(27-25-38)59-54-23-12-10-21-52(54)57-51-20-9-7-16-45(51)46-17-8-11-22-53(46)60(57)62-59/h4-36H,1H2,2H3/b44-15-. The van der Waals surface area contributed by atoms with Gasteiger partial charge < -0.3 is 0 Å². The predicted octanol–water partition coefficient (Wildman–Crippen LogP) is 16.1. The van der Waals surface area contributed by atoms with E-state index in [2.05, 4.69) is 201 Å². The Morgan fingerprint density at radius 2 is 1.02 bits per heavy atom. The molecule has 0 aliphatic rings. The summed E-state index contributed by atoms with van der Waals surface area (Å²) in [6.07, 6.45) is 5.89. The molecule has 0 aliphatic heterocycles. The number of fused-ring (bicyclic) bond motifs is 15. The molecule has 2 nitrogen and oxygen atoms in total. The fraction of sp³-hybridized carbons (Fsp3) is 0.0167. The number of nitrogens with zero attached hydrogens (tertiary/aromatic N) is 2. The topological polar surface area (TPSA) is 25.8 Å². The maximum Gasteiger partial charge on any atom is 0.0800 e. The van der Waals surface area contributed by atoms with Gasteiger partial charge in [0.15, 0.2) is 0 Å². The van der Waals surface area contributed by atoms with Crippen LogP contribution in [0.1, 0.15) is 16.7 Å². The summed E-state index contributed by atoms with van der Waals surface area (Å²) in [5, 5.41) is 17.0. The quantitative estimate of drug-likeness (QED) is 0.0986. The maximum atomic E-state index is 5.51. The van der Waals surface area contributed by atoms with E-state index in [9.17, 15) is 0 Å². The van der Waals surface area contributed by atoms with Crippen molar-refractivity contribution in [3.63, 3.8) is 0 Å². The molecule has 10 aromatic carbocycles. The minimum atomic E-state index is 1.00. The van der Waals surface area contributed by atoms with E-state index in [-0.39, 0.29) is 0 Å². The van der Waals surface area contributed by atoms with Gasteiger partial charge in [-0.1, -0.05) is 170 Å². The lowest BCUT2D eigenvalue weighted by Gasteiger charge is -2.16. The molecule has 0 saturated carbocycles. The van der Waals surface area contributed by atoms with Crippen molar-refractivity contribution >= 4 is 92.0 Å². The Hall–Kier alpha value is -8.16. The molecule has 0 spiro atoms. The first kappa shape index (κ1) is 35.8. The molecule has 0 bridgehead atoms. The van der Waals surface area contributed by atoms with E-state index >= 15 is 0 Å². The van der Waals surface area contributed by atoms with Crippen molar-refractivity contribution in [2.24, 2.45) is 0 Å². The van der Waals surface area contributed by atoms with E-state index in [4.69, 9.17) is 9.97 Å². The summed E-state index contributed by atoms with van der Waals surface area (Å²) in [4.78, 5) is 10.2. The van der Waals surface area contributed by atoms with Gasteiger partial charge in [0.2, 0.25) is 0 Å². The van der Waals surface area contributed by atoms with Crippen LogP contribution >= 0.6 is 0 Å². The lowest BCUT2D eigenvalue weighted by Crippen LogP contribution is -1.95. The molecule has 2 heterocycles. The molecule has 62 heavy (non-hydrogen) atoms. The van der Waals surface area contributed by atoms with Crippen LogP contribution in [0, 0.1) is 6.92 Å². The lowest BCUT2D eigenvalue weighted by molar-refractivity contribution is 1.35. The monoisotopic (exact) mass is 786 g/mol. The highest BCUT2D eigenvalue weighted by Gasteiger charge is 2.18. The second-order valence-corrected chi connectivity index (χ2v) is 16.2. The average molecular weight is 787 g/mol. The molecular weight excluding hydrogens is 749 g/mol. The predicted molar refractivity (Wildman–Crippen MR) is 265 cm³/mol. The zero-order valence-electron chi connectivity index (χ0n) is 34.2. The van der Waals surface area contributed by atoms with Gasteiger partial charge in [0.05, 0.1) is 16.7 Å². The van der Waals surface area contributed by atoms with Crippen LogP contribution in [-0.2, 0) is 0 Å². The Bertz CT molecular complexity index is 3900. The van der Waals surface area contributed by atoms with E-state index in [1.54, 1.807) is 0 Å². The molecule has 0 amide bonds. The van der Waals surface area contributed by atoms with Crippen LogP contribution in [0.25, 0.3) is 114 Å². The Morgan fingerprint density at radius 1 is 0.468 bits per heavy atom. The normalized spacial score (nSPS) is 12.0. The summed E-state index contributed by atoms with van der Waals surface area (Å²) in [7, 11) is 0. The minimum Gasteiger partial charge on any atom is -0.256 e. The van der Waals surface area contributed by atoms with Crippen LogP contribution in [0.5, 0.6) is 0 Å². The van der Waals surface area contributed by atoms with Gasteiger partial charge in [0, 0.05) is 33.3 Å². The molecule has 288 valence electrons. The number of aryl methyl sites for hydroxylation is 1. The fourth-order valence-electron chi connectivity index (χ4n) is 10.0. The van der Waals surface area contributed by atoms with Crippen molar-refractivity contribution in [3.8, 4) is 22.4 Å². The Kier molecular flexibility index (Phi) is 8.22. The van der Waals surface area contributed by atoms with E-state index in [0.29, 0.717) is 0 Å². The van der Waals surface area contributed by atoms with Crippen molar-refractivity contribution in [1.82, 2.24) is 9.97 Å². The third-order valence-corrected chi connectivity index (χ3v) is 12.9. The molecule has 2 heteroatoms. The van der Waals surface area contributed by atoms with Gasteiger partial charge in [-0.2, -0.15) is 0 Å². The van der Waals surface area contributed by atoms with Crippen LogP contribution in [0.4, 0.5) is 0 Å². The van der Waals surface area contributed by atoms with Gasteiger partial charge >= 0.3 is 0 Å². The summed E-state index contributed by atoms with van der Waals surface area (Å²) < 4.78 is 0. The highest BCUT2D eigenvalue weighted by molar-refractivity contribution is 6.31. The summed E-state index contributed by atoms with van der Waals surface area (Å²) in [6.45, 7) is 6.03. The van der Waals surface area contributed by atoms with Crippen LogP contribution in [0.3, 0.4) is 0 Å². The molecule has 0 fully saturated rings. The highest BCUT2D eigenvalue weighted by Crippen LogP contribution is 2.43. The Labute approximate surface area is 359 Å². The van der Waals surface area contributed by atoms with Crippen LogP contribution in [0.15, 0.2) is 213 Å². The van der Waals surface area contributed by atoms with Crippen molar-refractivity contribution < 1.29 is 0 Å². The molecule has 12 rings (SSSR count). The Balaban J connectivity index is 0.982. The van der Waals surface area contributed by atoms with Gasteiger partial charge in [0.1, 0.15) is 0 Å². The van der Waals surface area contributed by atoms with Gasteiger partial charge in [-0.15, -0.1) is 5.73 Å². The average Bonchev–Trinajstić information content (AvgIpc) is 3.34. The number of aromatic nitrogens is 2. The molecule has 0 aliphatic carbocycles. The number of benzene rings is 10. The van der Waals surface area contributed by atoms with E-state index < -0.39 is 0 Å². The first-order valence-corrected chi connectivity index (χ1v) is 21.2. The Morgan fingerprint density at radius 3 is 1.73 bits per heavy atom. The molecule has 0 radical (unpaired) electrons. The number of allylic oxidation sites excluding steroid dienone is 2. The smallest absolute Gasteiger partial charge is 0.0800 e. The largest absolute Gasteiger partial charge is 0.256 e. The van der Waals surface area contributed by atoms with E-state index in [1.807, 2.05) is 18.3 Å². The summed E-state index contributed by atoms with van der Waals surface area (Å²) in [5.74, 6) is 0. The molecule has 0 unspecified atom stereocenters. The van der Waals surface area contributed by atoms with Crippen molar-refractivity contribution in [2.75, 3.05) is 0 Å². The number of rotatable bonds is 5. The number of hydrogen-bond acceptors (Lipinski definition) is 2. The highest BCUT2D eigenvalue weighted by atomic mass is 14.7. The van der Waals surface area contributed by atoms with Crippen LogP contribution in [0.2, 0.25) is 0 Å². The van der Waals surface area contributed by atoms with Gasteiger partial charge in [-0.25, -0.2) is 4.98 Å². The molecule has 0 saturated heterocycles. The second kappa shape index (κ2) is 14.2. The molecular formula is C60H38N2. The number of pyridine rings is 2.